The summed E-state index contributed by atoms with van der Waals surface area (Å²) in [5.41, 5.74) is -2.42. The second-order valence-corrected chi connectivity index (χ2v) is 6.70. The van der Waals surface area contributed by atoms with Gasteiger partial charge in [0.05, 0.1) is 29.9 Å². The number of rotatable bonds is 2. The molecule has 0 radical (unpaired) electrons. The third-order valence-corrected chi connectivity index (χ3v) is 4.22. The Morgan fingerprint density at radius 2 is 1.52 bits per heavy atom. The van der Waals surface area contributed by atoms with Crippen molar-refractivity contribution in [2.24, 2.45) is 0 Å². The molecule has 4 nitrogen and oxygen atoms in total. The van der Waals surface area contributed by atoms with Crippen LogP contribution in [0.15, 0.2) is 42.5 Å². The van der Waals surface area contributed by atoms with E-state index >= 15 is 0 Å². The fourth-order valence-corrected chi connectivity index (χ4v) is 2.64. The van der Waals surface area contributed by atoms with Crippen LogP contribution in [0, 0.1) is 5.82 Å². The van der Waals surface area contributed by atoms with Crippen LogP contribution in [-0.2, 0) is 21.9 Å². The van der Waals surface area contributed by atoms with E-state index in [4.69, 9.17) is 9.84 Å². The summed E-state index contributed by atoms with van der Waals surface area (Å²) < 4.78 is 91.8. The van der Waals surface area contributed by atoms with E-state index < -0.39 is 35.1 Å². The van der Waals surface area contributed by atoms with E-state index in [2.05, 4.69) is 5.32 Å². The molecule has 0 bridgehead atoms. The van der Waals surface area contributed by atoms with Gasteiger partial charge in [-0.25, -0.2) is 4.39 Å². The van der Waals surface area contributed by atoms with Gasteiger partial charge in [-0.1, -0.05) is 12.1 Å². The van der Waals surface area contributed by atoms with Gasteiger partial charge in [-0.2, -0.15) is 26.3 Å². The van der Waals surface area contributed by atoms with Gasteiger partial charge in [0.2, 0.25) is 5.91 Å². The highest BCUT2D eigenvalue weighted by Crippen LogP contribution is 2.37. The third kappa shape index (κ3) is 7.21. The second kappa shape index (κ2) is 9.65. The monoisotopic (exact) mass is 453 g/mol. The molecule has 0 aliphatic carbocycles. The highest BCUT2D eigenvalue weighted by Gasteiger charge is 2.37. The van der Waals surface area contributed by atoms with Gasteiger partial charge in [0.25, 0.3) is 0 Å². The van der Waals surface area contributed by atoms with Gasteiger partial charge in [0, 0.05) is 0 Å². The summed E-state index contributed by atoms with van der Waals surface area (Å²) in [4.78, 5) is 11.0. The molecule has 1 fully saturated rings. The van der Waals surface area contributed by atoms with E-state index in [0.29, 0.717) is 18.7 Å². The van der Waals surface area contributed by atoms with Crippen LogP contribution in [0.2, 0.25) is 0 Å². The smallest absolute Gasteiger partial charge is 0.389 e. The van der Waals surface area contributed by atoms with Gasteiger partial charge >= 0.3 is 12.4 Å². The standard InChI is InChI=1S/C10H8F6O.C10H10FNO2/c1-5(17)6-2-7(9(11,12)13)4-8(3-6)10(14,15)16;11-8-3-1-7(2-4-8)9-5-14-6-10(13)12-9/h2-5,17H,1H3;1-4,9H,5-6H2,(H,12,13)/t5-;9-/m10/s1. The van der Waals surface area contributed by atoms with Crippen molar-refractivity contribution in [1.82, 2.24) is 5.32 Å². The first-order chi connectivity index (χ1) is 14.3. The predicted octanol–water partition coefficient (Wildman–Crippen LogP) is 4.79. The van der Waals surface area contributed by atoms with Crippen LogP contribution in [0.3, 0.4) is 0 Å². The summed E-state index contributed by atoms with van der Waals surface area (Å²) in [5.74, 6) is -0.414. The molecule has 170 valence electrons. The van der Waals surface area contributed by atoms with Gasteiger partial charge in [0.15, 0.2) is 0 Å². The zero-order chi connectivity index (χ0) is 23.4. The Balaban J connectivity index is 0.000000224. The molecule has 1 heterocycles. The van der Waals surface area contributed by atoms with Gasteiger partial charge < -0.3 is 15.2 Å². The van der Waals surface area contributed by atoms with E-state index in [9.17, 15) is 35.5 Å². The van der Waals surface area contributed by atoms with Gasteiger partial charge in [-0.3, -0.25) is 4.79 Å². The van der Waals surface area contributed by atoms with Crippen LogP contribution < -0.4 is 5.32 Å². The summed E-state index contributed by atoms with van der Waals surface area (Å²) in [7, 11) is 0. The number of ether oxygens (including phenoxy) is 1. The first-order valence-corrected chi connectivity index (χ1v) is 8.87. The number of aliphatic hydroxyl groups excluding tert-OH is 1. The molecule has 1 saturated heterocycles. The average Bonchev–Trinajstić information content (AvgIpc) is 2.67. The van der Waals surface area contributed by atoms with Crippen LogP contribution in [0.1, 0.15) is 41.3 Å². The lowest BCUT2D eigenvalue weighted by Crippen LogP contribution is -2.39. The zero-order valence-electron chi connectivity index (χ0n) is 16.0. The molecule has 1 aliphatic heterocycles. The summed E-state index contributed by atoms with van der Waals surface area (Å²) in [6.07, 6.45) is -11.2. The fraction of sp³-hybridized carbons (Fsp3) is 0.350. The normalized spacial score (nSPS) is 18.0. The van der Waals surface area contributed by atoms with Crippen molar-refractivity contribution in [3.8, 4) is 0 Å². The number of amides is 1. The van der Waals surface area contributed by atoms with Crippen molar-refractivity contribution < 1.29 is 45.4 Å². The minimum absolute atomic E-state index is 0.0197. The number of benzene rings is 2. The molecule has 0 spiro atoms. The number of carbonyl (C=O) groups excluding carboxylic acids is 1. The lowest BCUT2D eigenvalue weighted by Gasteiger charge is -2.23. The first kappa shape index (κ1) is 24.6. The number of nitrogens with one attached hydrogen (secondary N) is 1. The molecule has 1 aliphatic rings. The highest BCUT2D eigenvalue weighted by atomic mass is 19.4. The molecule has 2 atom stereocenters. The van der Waals surface area contributed by atoms with E-state index in [0.717, 1.165) is 12.5 Å². The Bertz CT molecular complexity index is 861. The molecule has 2 aromatic carbocycles. The summed E-state index contributed by atoms with van der Waals surface area (Å²) in [5, 5.41) is 11.8. The van der Waals surface area contributed by atoms with Gasteiger partial charge in [-0.05, 0) is 48.4 Å². The van der Waals surface area contributed by atoms with Crippen molar-refractivity contribution in [2.45, 2.75) is 31.4 Å². The van der Waals surface area contributed by atoms with Crippen LogP contribution in [0.5, 0.6) is 0 Å². The number of carbonyl (C=O) groups is 1. The Labute approximate surface area is 172 Å². The topological polar surface area (TPSA) is 58.6 Å². The van der Waals surface area contributed by atoms with Crippen LogP contribution >= 0.6 is 0 Å². The molecule has 3 rings (SSSR count). The summed E-state index contributed by atoms with van der Waals surface area (Å²) in [6.45, 7) is 1.64. The predicted molar refractivity (Wildman–Crippen MR) is 95.2 cm³/mol. The molecular weight excluding hydrogens is 435 g/mol. The molecule has 0 aromatic heterocycles. The lowest BCUT2D eigenvalue weighted by molar-refractivity contribution is -0.143. The summed E-state index contributed by atoms with van der Waals surface area (Å²) >= 11 is 0. The maximum absolute atomic E-state index is 12.6. The molecule has 11 heteroatoms. The third-order valence-electron chi connectivity index (χ3n) is 4.22. The van der Waals surface area contributed by atoms with Crippen LogP contribution in [0.25, 0.3) is 0 Å². The second-order valence-electron chi connectivity index (χ2n) is 6.70. The number of hydrogen-bond donors (Lipinski definition) is 2. The number of alkyl halides is 6. The Morgan fingerprint density at radius 3 is 1.94 bits per heavy atom. The largest absolute Gasteiger partial charge is 0.416 e. The molecular formula is C20H18F7NO3. The molecule has 2 N–H and O–H groups in total. The lowest BCUT2D eigenvalue weighted by atomic mass is 10.0. The van der Waals surface area contributed by atoms with Crippen LogP contribution in [0.4, 0.5) is 30.7 Å². The van der Waals surface area contributed by atoms with Gasteiger partial charge in [-0.15, -0.1) is 0 Å². The van der Waals surface area contributed by atoms with E-state index in [1.807, 2.05) is 0 Å². The SMILES string of the molecule is C[C@@H](O)c1cc(C(F)(F)F)cc(C(F)(F)F)c1.O=C1COC[C@@H](c2ccc(F)cc2)N1. The van der Waals surface area contributed by atoms with E-state index in [1.165, 1.54) is 12.1 Å². The molecule has 2 aromatic rings. The molecule has 31 heavy (non-hydrogen) atoms. The minimum atomic E-state index is -4.88. The van der Waals surface area contributed by atoms with Crippen molar-refractivity contribution >= 4 is 5.91 Å². The number of halogens is 7. The van der Waals surface area contributed by atoms with Crippen molar-refractivity contribution in [3.63, 3.8) is 0 Å². The summed E-state index contributed by atoms with van der Waals surface area (Å²) in [6, 6.07) is 6.90. The first-order valence-electron chi connectivity index (χ1n) is 8.87. The zero-order valence-corrected chi connectivity index (χ0v) is 16.0. The van der Waals surface area contributed by atoms with E-state index in [-0.39, 0.29) is 30.4 Å². The average molecular weight is 453 g/mol. The minimum Gasteiger partial charge on any atom is -0.389 e. The molecule has 0 saturated carbocycles. The van der Waals surface area contributed by atoms with Crippen LogP contribution in [-0.4, -0.2) is 24.2 Å². The molecule has 0 unspecified atom stereocenters. The molecule has 1 amide bonds. The number of hydrogen-bond acceptors (Lipinski definition) is 3. The Hall–Kier alpha value is -2.66. The van der Waals surface area contributed by atoms with Gasteiger partial charge in [0.1, 0.15) is 12.4 Å². The Kier molecular flexibility index (Phi) is 7.66. The fourth-order valence-electron chi connectivity index (χ4n) is 2.64. The highest BCUT2D eigenvalue weighted by molar-refractivity contribution is 5.78. The van der Waals surface area contributed by atoms with Crippen molar-refractivity contribution in [3.05, 3.63) is 70.5 Å². The maximum atomic E-state index is 12.6. The maximum Gasteiger partial charge on any atom is 0.416 e. The van der Waals surface area contributed by atoms with E-state index in [1.54, 1.807) is 12.1 Å². The Morgan fingerprint density at radius 1 is 1.00 bits per heavy atom. The number of morpholine rings is 1. The quantitative estimate of drug-likeness (QED) is 0.643. The number of aliphatic hydroxyl groups is 1. The van der Waals surface area contributed by atoms with Crippen molar-refractivity contribution in [2.75, 3.05) is 13.2 Å². The van der Waals surface area contributed by atoms with Crippen molar-refractivity contribution in [1.29, 1.82) is 0 Å².